The van der Waals surface area contributed by atoms with Gasteiger partial charge in [0.2, 0.25) is 0 Å². The van der Waals surface area contributed by atoms with E-state index < -0.39 is 0 Å². The highest BCUT2D eigenvalue weighted by molar-refractivity contribution is 5.95. The summed E-state index contributed by atoms with van der Waals surface area (Å²) in [6.07, 6.45) is 4.51. The molecule has 0 aliphatic heterocycles. The second-order valence-electron chi connectivity index (χ2n) is 5.08. The number of carbonyl (C=O) groups excluding carboxylic acids is 1. The number of carbonyl (C=O) groups is 1. The summed E-state index contributed by atoms with van der Waals surface area (Å²) in [6.45, 7) is 4.08. The Bertz CT molecular complexity index is 441. The minimum Gasteiger partial charge on any atom is -0.384 e. The van der Waals surface area contributed by atoms with Crippen LogP contribution in [0.5, 0.6) is 0 Å². The number of aryl methyl sites for hydroxylation is 1. The Morgan fingerprint density at radius 3 is 2.83 bits per heavy atom. The van der Waals surface area contributed by atoms with E-state index in [0.29, 0.717) is 17.3 Å². The van der Waals surface area contributed by atoms with Gasteiger partial charge in [0.05, 0.1) is 0 Å². The monoisotopic (exact) mass is 247 g/mol. The third kappa shape index (κ3) is 2.81. The van der Waals surface area contributed by atoms with Crippen LogP contribution in [0.2, 0.25) is 0 Å². The average molecular weight is 247 g/mol. The van der Waals surface area contributed by atoms with Crippen LogP contribution in [0, 0.1) is 5.92 Å². The van der Waals surface area contributed by atoms with Crippen LogP contribution < -0.4 is 11.1 Å². The van der Waals surface area contributed by atoms with Crippen molar-refractivity contribution in [3.63, 3.8) is 0 Å². The largest absolute Gasteiger partial charge is 0.384 e. The molecule has 98 valence electrons. The summed E-state index contributed by atoms with van der Waals surface area (Å²) in [5.41, 5.74) is 7.18. The van der Waals surface area contributed by atoms with Gasteiger partial charge >= 0.3 is 0 Å². The Kier molecular flexibility index (Phi) is 3.84. The van der Waals surface area contributed by atoms with E-state index >= 15 is 0 Å². The molecule has 3 N–H and O–H groups in total. The summed E-state index contributed by atoms with van der Waals surface area (Å²) in [4.78, 5) is 16.3. The molecule has 18 heavy (non-hydrogen) atoms. The molecule has 0 bridgehead atoms. The van der Waals surface area contributed by atoms with Gasteiger partial charge in [-0.15, -0.1) is 0 Å². The summed E-state index contributed by atoms with van der Waals surface area (Å²) < 4.78 is 0. The van der Waals surface area contributed by atoms with Crippen LogP contribution >= 0.6 is 0 Å². The summed E-state index contributed by atoms with van der Waals surface area (Å²) in [6, 6.07) is 3.70. The number of pyridine rings is 1. The molecule has 1 unspecified atom stereocenters. The minimum absolute atomic E-state index is 0.0433. The molecular weight excluding hydrogens is 226 g/mol. The lowest BCUT2D eigenvalue weighted by Crippen LogP contribution is -2.40. The van der Waals surface area contributed by atoms with Crippen molar-refractivity contribution >= 4 is 11.7 Å². The van der Waals surface area contributed by atoms with E-state index in [4.69, 9.17) is 5.73 Å². The van der Waals surface area contributed by atoms with Gasteiger partial charge < -0.3 is 11.1 Å². The fourth-order valence-corrected chi connectivity index (χ4v) is 2.27. The van der Waals surface area contributed by atoms with Crippen LogP contribution in [-0.2, 0) is 6.42 Å². The van der Waals surface area contributed by atoms with Gasteiger partial charge in [-0.25, -0.2) is 4.98 Å². The molecule has 1 aromatic rings. The Morgan fingerprint density at radius 1 is 1.56 bits per heavy atom. The van der Waals surface area contributed by atoms with Gasteiger partial charge in [-0.05, 0) is 44.2 Å². The van der Waals surface area contributed by atoms with Crippen molar-refractivity contribution in [1.82, 2.24) is 10.3 Å². The number of nitrogens with two attached hydrogens (primary N) is 1. The van der Waals surface area contributed by atoms with Crippen LogP contribution in [0.4, 0.5) is 5.82 Å². The number of hydrogen-bond acceptors (Lipinski definition) is 3. The molecule has 1 fully saturated rings. The molecule has 0 aromatic carbocycles. The first kappa shape index (κ1) is 12.9. The Hall–Kier alpha value is -1.58. The van der Waals surface area contributed by atoms with Crippen LogP contribution in [0.15, 0.2) is 12.1 Å². The second kappa shape index (κ2) is 5.38. The van der Waals surface area contributed by atoms with Crippen LogP contribution in [0.25, 0.3) is 0 Å². The highest BCUT2D eigenvalue weighted by atomic mass is 16.1. The lowest BCUT2D eigenvalue weighted by Gasteiger charge is -2.31. The fourth-order valence-electron chi connectivity index (χ4n) is 2.27. The lowest BCUT2D eigenvalue weighted by atomic mass is 9.80. The van der Waals surface area contributed by atoms with Crippen LogP contribution in [0.3, 0.4) is 0 Å². The molecule has 0 saturated heterocycles. The molecule has 0 radical (unpaired) electrons. The SMILES string of the molecule is CCc1cc(C(=O)NC(C)C2CCC2)cc(N)n1. The molecule has 1 saturated carbocycles. The standard InChI is InChI=1S/C14H21N3O/c1-3-12-7-11(8-13(15)17-12)14(18)16-9(2)10-5-4-6-10/h7-10H,3-6H2,1-2H3,(H2,15,17)(H,16,18). The number of nitrogens with one attached hydrogen (secondary N) is 1. The van der Waals surface area contributed by atoms with Crippen molar-refractivity contribution < 1.29 is 4.79 Å². The highest BCUT2D eigenvalue weighted by Gasteiger charge is 2.25. The zero-order valence-corrected chi connectivity index (χ0v) is 11.1. The first-order valence-corrected chi connectivity index (χ1v) is 6.67. The van der Waals surface area contributed by atoms with E-state index in [1.165, 1.54) is 19.3 Å². The molecule has 1 heterocycles. The van der Waals surface area contributed by atoms with Crippen molar-refractivity contribution in [3.05, 3.63) is 23.4 Å². The molecule has 0 spiro atoms. The maximum absolute atomic E-state index is 12.1. The molecule has 1 aliphatic rings. The predicted octanol–water partition coefficient (Wildman–Crippen LogP) is 2.14. The van der Waals surface area contributed by atoms with Crippen molar-refractivity contribution in [2.45, 2.75) is 45.6 Å². The van der Waals surface area contributed by atoms with E-state index in [9.17, 15) is 4.79 Å². The number of nitrogens with zero attached hydrogens (tertiary/aromatic N) is 1. The molecule has 4 nitrogen and oxygen atoms in total. The first-order chi connectivity index (χ1) is 8.60. The number of anilines is 1. The lowest BCUT2D eigenvalue weighted by molar-refractivity contribution is 0.0909. The second-order valence-corrected chi connectivity index (χ2v) is 5.08. The molecule has 1 atom stereocenters. The number of rotatable bonds is 4. The third-order valence-electron chi connectivity index (χ3n) is 3.74. The molecule has 1 amide bonds. The smallest absolute Gasteiger partial charge is 0.251 e. The van der Waals surface area contributed by atoms with Crippen molar-refractivity contribution in [1.29, 1.82) is 0 Å². The molecule has 2 rings (SSSR count). The fraction of sp³-hybridized carbons (Fsp3) is 0.571. The van der Waals surface area contributed by atoms with Crippen LogP contribution in [-0.4, -0.2) is 16.9 Å². The van der Waals surface area contributed by atoms with Crippen LogP contribution in [0.1, 0.15) is 49.2 Å². The minimum atomic E-state index is -0.0433. The van der Waals surface area contributed by atoms with E-state index in [2.05, 4.69) is 17.2 Å². The Labute approximate surface area is 108 Å². The van der Waals surface area contributed by atoms with E-state index in [1.54, 1.807) is 6.07 Å². The van der Waals surface area contributed by atoms with Crippen molar-refractivity contribution in [2.75, 3.05) is 5.73 Å². The number of nitrogen functional groups attached to an aromatic ring is 1. The first-order valence-electron chi connectivity index (χ1n) is 6.67. The quantitative estimate of drug-likeness (QED) is 0.856. The average Bonchev–Trinajstić information content (AvgIpc) is 2.25. The zero-order valence-electron chi connectivity index (χ0n) is 11.1. The normalized spacial score (nSPS) is 17.0. The van der Waals surface area contributed by atoms with Gasteiger partial charge in [0.1, 0.15) is 5.82 Å². The third-order valence-corrected chi connectivity index (χ3v) is 3.74. The summed E-state index contributed by atoms with van der Waals surface area (Å²) in [5.74, 6) is 1.01. The summed E-state index contributed by atoms with van der Waals surface area (Å²) in [5, 5.41) is 3.05. The van der Waals surface area contributed by atoms with Crippen molar-refractivity contribution in [2.24, 2.45) is 5.92 Å². The van der Waals surface area contributed by atoms with Gasteiger partial charge in [-0.2, -0.15) is 0 Å². The van der Waals surface area contributed by atoms with E-state index in [1.807, 2.05) is 13.0 Å². The highest BCUT2D eigenvalue weighted by Crippen LogP contribution is 2.29. The summed E-state index contributed by atoms with van der Waals surface area (Å²) in [7, 11) is 0. The maximum Gasteiger partial charge on any atom is 0.251 e. The van der Waals surface area contributed by atoms with Gasteiger partial charge in [-0.3, -0.25) is 4.79 Å². The van der Waals surface area contributed by atoms with Gasteiger partial charge in [0.15, 0.2) is 0 Å². The van der Waals surface area contributed by atoms with Gasteiger partial charge in [0.25, 0.3) is 5.91 Å². The zero-order chi connectivity index (χ0) is 13.1. The Morgan fingerprint density at radius 2 is 2.28 bits per heavy atom. The molecule has 1 aliphatic carbocycles. The number of hydrogen-bond donors (Lipinski definition) is 2. The van der Waals surface area contributed by atoms with Gasteiger partial charge in [0, 0.05) is 17.3 Å². The topological polar surface area (TPSA) is 68.0 Å². The predicted molar refractivity (Wildman–Crippen MR) is 72.3 cm³/mol. The van der Waals surface area contributed by atoms with Crippen molar-refractivity contribution in [3.8, 4) is 0 Å². The van der Waals surface area contributed by atoms with E-state index in [-0.39, 0.29) is 11.9 Å². The van der Waals surface area contributed by atoms with Gasteiger partial charge in [-0.1, -0.05) is 13.3 Å². The van der Waals surface area contributed by atoms with E-state index in [0.717, 1.165) is 12.1 Å². The Balaban J connectivity index is 2.05. The number of aromatic nitrogens is 1. The molecule has 4 heteroatoms. The summed E-state index contributed by atoms with van der Waals surface area (Å²) >= 11 is 0. The maximum atomic E-state index is 12.1. The number of amides is 1. The molecule has 1 aromatic heterocycles. The molecular formula is C14H21N3O.